The van der Waals surface area contributed by atoms with Gasteiger partial charge in [-0.1, -0.05) is 30.3 Å². The van der Waals surface area contributed by atoms with Crippen LogP contribution in [-0.2, 0) is 0 Å². The predicted octanol–water partition coefficient (Wildman–Crippen LogP) is 2.47. The molecule has 0 aliphatic carbocycles. The van der Waals surface area contributed by atoms with Gasteiger partial charge in [0, 0.05) is 11.9 Å². The van der Waals surface area contributed by atoms with E-state index < -0.39 is 0 Å². The van der Waals surface area contributed by atoms with Crippen LogP contribution in [0.3, 0.4) is 0 Å². The molecule has 0 saturated carbocycles. The third kappa shape index (κ3) is 2.25. The number of aryl methyl sites for hydroxylation is 1. The van der Waals surface area contributed by atoms with Gasteiger partial charge in [-0.15, -0.1) is 0 Å². The molecule has 0 aliphatic heterocycles. The van der Waals surface area contributed by atoms with Crippen molar-refractivity contribution in [3.8, 4) is 0 Å². The third-order valence-electron chi connectivity index (χ3n) is 2.67. The van der Waals surface area contributed by atoms with Crippen molar-refractivity contribution in [2.75, 3.05) is 11.9 Å². The van der Waals surface area contributed by atoms with Gasteiger partial charge in [-0.2, -0.15) is 0 Å². The van der Waals surface area contributed by atoms with E-state index in [1.165, 1.54) is 0 Å². The number of aromatic amines is 1. The largest absolute Gasteiger partial charge is 0.394 e. The summed E-state index contributed by atoms with van der Waals surface area (Å²) in [6.45, 7) is 2.08. The summed E-state index contributed by atoms with van der Waals surface area (Å²) in [6.07, 6.45) is 1.89. The number of hydrogen-bond donors (Lipinski definition) is 3. The SMILES string of the molecule is Cc1[nH]ccc1NC(CO)c1ccccc1. The Morgan fingerprint density at radius 2 is 2.00 bits per heavy atom. The molecule has 0 fully saturated rings. The molecule has 0 saturated heterocycles. The summed E-state index contributed by atoms with van der Waals surface area (Å²) in [6, 6.07) is 11.9. The van der Waals surface area contributed by atoms with Gasteiger partial charge in [0.25, 0.3) is 0 Å². The smallest absolute Gasteiger partial charge is 0.0745 e. The summed E-state index contributed by atoms with van der Waals surface area (Å²) in [5, 5.41) is 12.7. The average Bonchev–Trinajstić information content (AvgIpc) is 2.73. The van der Waals surface area contributed by atoms with Crippen LogP contribution < -0.4 is 5.32 Å². The normalized spacial score (nSPS) is 12.4. The van der Waals surface area contributed by atoms with Crippen LogP contribution in [0.4, 0.5) is 5.69 Å². The highest BCUT2D eigenvalue weighted by Crippen LogP contribution is 2.21. The van der Waals surface area contributed by atoms with Crippen molar-refractivity contribution in [3.63, 3.8) is 0 Å². The zero-order chi connectivity index (χ0) is 11.4. The van der Waals surface area contributed by atoms with Crippen LogP contribution in [0.5, 0.6) is 0 Å². The van der Waals surface area contributed by atoms with Crippen molar-refractivity contribution in [2.24, 2.45) is 0 Å². The maximum Gasteiger partial charge on any atom is 0.0745 e. The van der Waals surface area contributed by atoms with Gasteiger partial charge in [0.05, 0.1) is 18.3 Å². The van der Waals surface area contributed by atoms with Crippen LogP contribution >= 0.6 is 0 Å². The fourth-order valence-corrected chi connectivity index (χ4v) is 1.72. The first-order valence-electron chi connectivity index (χ1n) is 5.37. The Kier molecular flexibility index (Phi) is 3.27. The molecule has 3 nitrogen and oxygen atoms in total. The monoisotopic (exact) mass is 216 g/mol. The van der Waals surface area contributed by atoms with E-state index in [0.29, 0.717) is 0 Å². The first-order chi connectivity index (χ1) is 7.81. The predicted molar refractivity (Wildman–Crippen MR) is 65.4 cm³/mol. The van der Waals surface area contributed by atoms with Gasteiger partial charge >= 0.3 is 0 Å². The molecule has 0 spiro atoms. The highest BCUT2D eigenvalue weighted by Gasteiger charge is 2.10. The number of H-pyrrole nitrogens is 1. The lowest BCUT2D eigenvalue weighted by Crippen LogP contribution is -2.14. The van der Waals surface area contributed by atoms with Gasteiger partial charge in [0.2, 0.25) is 0 Å². The Morgan fingerprint density at radius 1 is 1.25 bits per heavy atom. The van der Waals surface area contributed by atoms with Crippen molar-refractivity contribution in [2.45, 2.75) is 13.0 Å². The molecule has 1 atom stereocenters. The maximum absolute atomic E-state index is 9.40. The Labute approximate surface area is 95.1 Å². The Hall–Kier alpha value is -1.74. The molecule has 0 radical (unpaired) electrons. The molecular weight excluding hydrogens is 200 g/mol. The molecule has 84 valence electrons. The summed E-state index contributed by atoms with van der Waals surface area (Å²) >= 11 is 0. The first kappa shape index (κ1) is 10.8. The van der Waals surface area contributed by atoms with Crippen LogP contribution in [0.15, 0.2) is 42.6 Å². The molecule has 16 heavy (non-hydrogen) atoms. The lowest BCUT2D eigenvalue weighted by molar-refractivity contribution is 0.276. The van der Waals surface area contributed by atoms with Gasteiger partial charge in [-0.3, -0.25) is 0 Å². The van der Waals surface area contributed by atoms with Gasteiger partial charge in [-0.05, 0) is 18.6 Å². The van der Waals surface area contributed by atoms with E-state index in [2.05, 4.69) is 10.3 Å². The Bertz CT molecular complexity index is 436. The molecule has 1 aromatic carbocycles. The van der Waals surface area contributed by atoms with Crippen LogP contribution in [0.2, 0.25) is 0 Å². The van der Waals surface area contributed by atoms with E-state index in [-0.39, 0.29) is 12.6 Å². The van der Waals surface area contributed by atoms with Gasteiger partial charge in [0.1, 0.15) is 0 Å². The van der Waals surface area contributed by atoms with Crippen molar-refractivity contribution in [1.29, 1.82) is 0 Å². The molecule has 3 N–H and O–H groups in total. The zero-order valence-corrected chi connectivity index (χ0v) is 9.27. The number of anilines is 1. The van der Waals surface area contributed by atoms with Crippen molar-refractivity contribution >= 4 is 5.69 Å². The third-order valence-corrected chi connectivity index (χ3v) is 2.67. The van der Waals surface area contributed by atoms with Gasteiger partial charge in [0.15, 0.2) is 0 Å². The molecule has 3 heteroatoms. The summed E-state index contributed by atoms with van der Waals surface area (Å²) < 4.78 is 0. The number of nitrogens with one attached hydrogen (secondary N) is 2. The molecule has 2 rings (SSSR count). The Balaban J connectivity index is 2.16. The minimum atomic E-state index is -0.0595. The van der Waals surface area contributed by atoms with E-state index in [9.17, 15) is 5.11 Å². The maximum atomic E-state index is 9.40. The molecule has 2 aromatic rings. The number of aliphatic hydroxyl groups excluding tert-OH is 1. The number of benzene rings is 1. The summed E-state index contributed by atoms with van der Waals surface area (Å²) in [5.41, 5.74) is 3.20. The fourth-order valence-electron chi connectivity index (χ4n) is 1.72. The molecule has 0 amide bonds. The topological polar surface area (TPSA) is 48.0 Å². The first-order valence-corrected chi connectivity index (χ1v) is 5.37. The van der Waals surface area contributed by atoms with Crippen molar-refractivity contribution in [3.05, 3.63) is 53.9 Å². The highest BCUT2D eigenvalue weighted by atomic mass is 16.3. The second-order valence-electron chi connectivity index (χ2n) is 3.81. The number of rotatable bonds is 4. The zero-order valence-electron chi connectivity index (χ0n) is 9.27. The molecule has 0 aliphatic rings. The van der Waals surface area contributed by atoms with Crippen molar-refractivity contribution in [1.82, 2.24) is 4.98 Å². The average molecular weight is 216 g/mol. The second-order valence-corrected chi connectivity index (χ2v) is 3.81. The minimum absolute atomic E-state index is 0.0595. The van der Waals surface area contributed by atoms with Gasteiger partial charge in [-0.25, -0.2) is 0 Å². The summed E-state index contributed by atoms with van der Waals surface area (Å²) in [4.78, 5) is 3.11. The Morgan fingerprint density at radius 3 is 2.56 bits per heavy atom. The highest BCUT2D eigenvalue weighted by molar-refractivity contribution is 5.49. The molecule has 0 bridgehead atoms. The minimum Gasteiger partial charge on any atom is -0.394 e. The summed E-state index contributed by atoms with van der Waals surface area (Å²) in [5.74, 6) is 0. The second kappa shape index (κ2) is 4.86. The molecule has 1 heterocycles. The number of aliphatic hydroxyl groups is 1. The standard InChI is InChI=1S/C13H16N2O/c1-10-12(7-8-14-10)15-13(9-16)11-5-3-2-4-6-11/h2-8,13-16H,9H2,1H3. The van der Waals surface area contributed by atoms with Crippen LogP contribution in [-0.4, -0.2) is 16.7 Å². The van der Waals surface area contributed by atoms with E-state index in [0.717, 1.165) is 16.9 Å². The molecule has 1 unspecified atom stereocenters. The van der Waals surface area contributed by atoms with Gasteiger partial charge < -0.3 is 15.4 Å². The number of aromatic nitrogens is 1. The lowest BCUT2D eigenvalue weighted by atomic mass is 10.1. The van der Waals surface area contributed by atoms with E-state index in [1.807, 2.05) is 49.5 Å². The van der Waals surface area contributed by atoms with E-state index in [4.69, 9.17) is 0 Å². The van der Waals surface area contributed by atoms with E-state index in [1.54, 1.807) is 0 Å². The van der Waals surface area contributed by atoms with Crippen LogP contribution in [0.25, 0.3) is 0 Å². The van der Waals surface area contributed by atoms with Crippen molar-refractivity contribution < 1.29 is 5.11 Å². The van der Waals surface area contributed by atoms with Crippen LogP contribution in [0.1, 0.15) is 17.3 Å². The quantitative estimate of drug-likeness (QED) is 0.735. The lowest BCUT2D eigenvalue weighted by Gasteiger charge is -2.17. The van der Waals surface area contributed by atoms with Crippen LogP contribution in [0, 0.1) is 6.92 Å². The number of hydrogen-bond acceptors (Lipinski definition) is 2. The molecular formula is C13H16N2O. The van der Waals surface area contributed by atoms with E-state index >= 15 is 0 Å². The molecule has 1 aromatic heterocycles. The fraction of sp³-hybridized carbons (Fsp3) is 0.231. The summed E-state index contributed by atoms with van der Waals surface area (Å²) in [7, 11) is 0.